The third-order valence-corrected chi connectivity index (χ3v) is 0.634. The molecule has 0 heterocycles. The van der Waals surface area contributed by atoms with E-state index in [1.165, 1.54) is 7.11 Å². The van der Waals surface area contributed by atoms with Crippen LogP contribution >= 0.6 is 0 Å². The number of rotatable bonds is 4. The molecule has 0 aliphatic heterocycles. The van der Waals surface area contributed by atoms with Crippen molar-refractivity contribution in [2.24, 2.45) is 0 Å². The molecule has 3 heteroatoms. The first-order chi connectivity index (χ1) is 3.91. The van der Waals surface area contributed by atoms with Gasteiger partial charge in [-0.2, -0.15) is 5.26 Å². The molecular weight excluding hydrogens is 106 g/mol. The molecule has 8 heavy (non-hydrogen) atoms. The topological polar surface area (TPSA) is 42.2 Å². The van der Waals surface area contributed by atoms with Crippen molar-refractivity contribution in [1.29, 1.82) is 5.26 Å². The van der Waals surface area contributed by atoms with Gasteiger partial charge in [0.05, 0.1) is 19.8 Å². The van der Waals surface area contributed by atoms with E-state index in [9.17, 15) is 0 Å². The predicted molar refractivity (Wildman–Crippen MR) is 27.8 cm³/mol. The van der Waals surface area contributed by atoms with Gasteiger partial charge in [-0.3, -0.25) is 0 Å². The summed E-state index contributed by atoms with van der Waals surface area (Å²) < 4.78 is 0. The average molecular weight is 115 g/mol. The Hall–Kier alpha value is -0.590. The van der Waals surface area contributed by atoms with Crippen molar-refractivity contribution in [3.63, 3.8) is 0 Å². The summed E-state index contributed by atoms with van der Waals surface area (Å²) in [7, 11) is 1.45. The van der Waals surface area contributed by atoms with Crippen molar-refractivity contribution < 1.29 is 9.78 Å². The Balaban J connectivity index is 2.65. The Morgan fingerprint density at radius 3 is 2.88 bits per heavy atom. The summed E-state index contributed by atoms with van der Waals surface area (Å²) in [5.74, 6) is 0. The Morgan fingerprint density at radius 1 is 1.62 bits per heavy atom. The van der Waals surface area contributed by atoms with Gasteiger partial charge >= 0.3 is 0 Å². The molecule has 0 fully saturated rings. The molecule has 0 N–H and O–H groups in total. The summed E-state index contributed by atoms with van der Waals surface area (Å²) in [5, 5.41) is 8.02. The van der Waals surface area contributed by atoms with E-state index < -0.39 is 0 Å². The fourth-order valence-corrected chi connectivity index (χ4v) is 0.293. The van der Waals surface area contributed by atoms with Gasteiger partial charge in [0.1, 0.15) is 0 Å². The van der Waals surface area contributed by atoms with Gasteiger partial charge in [0, 0.05) is 6.42 Å². The molecule has 0 aromatic heterocycles. The van der Waals surface area contributed by atoms with Crippen LogP contribution < -0.4 is 0 Å². The van der Waals surface area contributed by atoms with Crippen LogP contribution in [-0.2, 0) is 9.78 Å². The normalized spacial score (nSPS) is 8.50. The monoisotopic (exact) mass is 115 g/mol. The van der Waals surface area contributed by atoms with Crippen molar-refractivity contribution >= 4 is 0 Å². The zero-order valence-electron chi connectivity index (χ0n) is 4.89. The maximum absolute atomic E-state index is 8.02. The molecule has 0 rings (SSSR count). The van der Waals surface area contributed by atoms with Crippen LogP contribution in [0.3, 0.4) is 0 Å². The van der Waals surface area contributed by atoms with Gasteiger partial charge in [0.15, 0.2) is 0 Å². The number of unbranched alkanes of at least 4 members (excludes halogenated alkanes) is 1. The lowest BCUT2D eigenvalue weighted by atomic mass is 10.4. The van der Waals surface area contributed by atoms with Crippen molar-refractivity contribution in [3.8, 4) is 6.07 Å². The summed E-state index contributed by atoms with van der Waals surface area (Å²) in [4.78, 5) is 8.76. The fourth-order valence-electron chi connectivity index (χ4n) is 0.293. The first kappa shape index (κ1) is 7.41. The van der Waals surface area contributed by atoms with Crippen molar-refractivity contribution in [1.82, 2.24) is 0 Å². The number of hydrogen-bond acceptors (Lipinski definition) is 3. The van der Waals surface area contributed by atoms with E-state index in [1.807, 2.05) is 6.07 Å². The van der Waals surface area contributed by atoms with Gasteiger partial charge in [-0.05, 0) is 6.42 Å². The molecule has 0 amide bonds. The highest BCUT2D eigenvalue weighted by Crippen LogP contribution is 1.86. The Labute approximate surface area is 48.7 Å². The minimum atomic E-state index is 0.504. The third kappa shape index (κ3) is 5.41. The highest BCUT2D eigenvalue weighted by atomic mass is 17.2. The van der Waals surface area contributed by atoms with Gasteiger partial charge in [-0.25, -0.2) is 9.78 Å². The lowest BCUT2D eigenvalue weighted by Crippen LogP contribution is -1.90. The van der Waals surface area contributed by atoms with Crippen molar-refractivity contribution in [2.45, 2.75) is 12.8 Å². The summed E-state index contributed by atoms with van der Waals surface area (Å²) in [5.41, 5.74) is 0. The second-order valence-corrected chi connectivity index (χ2v) is 1.25. The highest BCUT2D eigenvalue weighted by Gasteiger charge is 1.83. The largest absolute Gasteiger partial charge is 0.240 e. The minimum Gasteiger partial charge on any atom is -0.240 e. The molecule has 46 valence electrons. The highest BCUT2D eigenvalue weighted by molar-refractivity contribution is 4.67. The molecule has 0 bridgehead atoms. The van der Waals surface area contributed by atoms with Crippen LogP contribution in [0.5, 0.6) is 0 Å². The quantitative estimate of drug-likeness (QED) is 0.310. The molecule has 0 saturated carbocycles. The SMILES string of the molecule is COOCCCC#N. The van der Waals surface area contributed by atoms with Crippen LogP contribution in [0.15, 0.2) is 0 Å². The molecule has 0 aromatic rings. The fraction of sp³-hybridized carbons (Fsp3) is 0.800. The van der Waals surface area contributed by atoms with E-state index in [-0.39, 0.29) is 0 Å². The molecule has 0 unspecified atom stereocenters. The maximum Gasteiger partial charge on any atom is 0.0832 e. The van der Waals surface area contributed by atoms with Gasteiger partial charge in [0.25, 0.3) is 0 Å². The Kier molecular flexibility index (Phi) is 5.94. The Morgan fingerprint density at radius 2 is 2.38 bits per heavy atom. The summed E-state index contributed by atoms with van der Waals surface area (Å²) in [6.45, 7) is 0.504. The minimum absolute atomic E-state index is 0.504. The summed E-state index contributed by atoms with van der Waals surface area (Å²) >= 11 is 0. The second kappa shape index (κ2) is 6.41. The first-order valence-corrected chi connectivity index (χ1v) is 2.44. The lowest BCUT2D eigenvalue weighted by Gasteiger charge is -1.93. The Bertz CT molecular complexity index is 77.0. The number of nitrogens with zero attached hydrogens (tertiary/aromatic N) is 1. The zero-order chi connectivity index (χ0) is 6.24. The van der Waals surface area contributed by atoms with E-state index in [4.69, 9.17) is 5.26 Å². The first-order valence-electron chi connectivity index (χ1n) is 2.44. The van der Waals surface area contributed by atoms with Gasteiger partial charge in [-0.1, -0.05) is 0 Å². The summed E-state index contributed by atoms with van der Waals surface area (Å²) in [6, 6.07) is 1.99. The van der Waals surface area contributed by atoms with Gasteiger partial charge in [-0.15, -0.1) is 0 Å². The van der Waals surface area contributed by atoms with Crippen LogP contribution in [0.2, 0.25) is 0 Å². The number of hydrogen-bond donors (Lipinski definition) is 0. The lowest BCUT2D eigenvalue weighted by molar-refractivity contribution is -0.272. The summed E-state index contributed by atoms with van der Waals surface area (Å²) in [6.07, 6.45) is 1.27. The number of nitriles is 1. The molecule has 0 aliphatic carbocycles. The molecule has 0 radical (unpaired) electrons. The van der Waals surface area contributed by atoms with Crippen LogP contribution in [0, 0.1) is 11.3 Å². The van der Waals surface area contributed by atoms with Crippen LogP contribution in [0.25, 0.3) is 0 Å². The average Bonchev–Trinajstić information content (AvgIpc) is 1.81. The van der Waals surface area contributed by atoms with Gasteiger partial charge in [0.2, 0.25) is 0 Å². The predicted octanol–water partition coefficient (Wildman–Crippen LogP) is 0.868. The van der Waals surface area contributed by atoms with E-state index in [1.54, 1.807) is 0 Å². The molecule has 0 spiro atoms. The molecule has 0 aromatic carbocycles. The third-order valence-electron chi connectivity index (χ3n) is 0.634. The molecule has 0 atom stereocenters. The molecule has 0 aliphatic rings. The maximum atomic E-state index is 8.02. The van der Waals surface area contributed by atoms with E-state index >= 15 is 0 Å². The van der Waals surface area contributed by atoms with Gasteiger partial charge < -0.3 is 0 Å². The van der Waals surface area contributed by atoms with E-state index in [2.05, 4.69) is 9.78 Å². The van der Waals surface area contributed by atoms with Crippen LogP contribution in [0.1, 0.15) is 12.8 Å². The second-order valence-electron chi connectivity index (χ2n) is 1.25. The van der Waals surface area contributed by atoms with Crippen LogP contribution in [-0.4, -0.2) is 13.7 Å². The smallest absolute Gasteiger partial charge is 0.0832 e. The van der Waals surface area contributed by atoms with E-state index in [0.717, 1.165) is 6.42 Å². The van der Waals surface area contributed by atoms with Crippen LogP contribution in [0.4, 0.5) is 0 Å². The zero-order valence-corrected chi connectivity index (χ0v) is 4.89. The molecular formula is C5H9NO2. The standard InChI is InChI=1S/C5H9NO2/c1-7-8-5-3-2-4-6/h2-3,5H2,1H3. The molecule has 0 saturated heterocycles. The van der Waals surface area contributed by atoms with Crippen molar-refractivity contribution in [2.75, 3.05) is 13.7 Å². The van der Waals surface area contributed by atoms with Crippen molar-refractivity contribution in [3.05, 3.63) is 0 Å². The van der Waals surface area contributed by atoms with E-state index in [0.29, 0.717) is 13.0 Å². The molecule has 3 nitrogen and oxygen atoms in total.